The van der Waals surface area contributed by atoms with Crippen molar-refractivity contribution in [2.24, 2.45) is 5.16 Å². The molecule has 6 rings (SSSR count). The summed E-state index contributed by atoms with van der Waals surface area (Å²) in [4.78, 5) is 59.7. The molecule has 0 saturated carbocycles. The number of aliphatic carboxylic acids is 1. The number of carbonyl (C=O) groups is 4. The molecule has 0 aromatic carbocycles. The first kappa shape index (κ1) is 28.5. The number of anilines is 1. The highest BCUT2D eigenvalue weighted by molar-refractivity contribution is 8.07. The number of imidazole rings is 1. The van der Waals surface area contributed by atoms with Crippen LogP contribution in [0.3, 0.4) is 0 Å². The first-order chi connectivity index (χ1) is 20.7. The Kier molecular flexibility index (Phi) is 7.45. The number of carboxylic acid groups (broad SMARTS) is 2. The zero-order valence-electron chi connectivity index (χ0n) is 21.2. The summed E-state index contributed by atoms with van der Waals surface area (Å²) in [7, 11) is 0. The maximum atomic E-state index is 13.1. The lowest BCUT2D eigenvalue weighted by Gasteiger charge is -2.49. The van der Waals surface area contributed by atoms with Gasteiger partial charge in [0, 0.05) is 28.3 Å². The lowest BCUT2D eigenvalue weighted by molar-refractivity contribution is -0.662. The summed E-state index contributed by atoms with van der Waals surface area (Å²) in [5.41, 5.74) is 5.67. The Morgan fingerprint density at radius 1 is 1.26 bits per heavy atom. The summed E-state index contributed by atoms with van der Waals surface area (Å²) in [6, 6.07) is 2.46. The molecule has 1 fully saturated rings. The van der Waals surface area contributed by atoms with Gasteiger partial charge in [-0.15, -0.1) is 16.3 Å². The van der Waals surface area contributed by atoms with E-state index in [1.807, 2.05) is 6.07 Å². The number of amides is 2. The molecule has 0 bridgehead atoms. The fourth-order valence-electron chi connectivity index (χ4n) is 4.39. The standard InChI is InChI=1S/C22H16N10O7S4/c23-21-27-15(29-43-21)11(28-39)16(33)26-12-17(34)32-13(19(35)36)9(7-40-18(12)32)41-22-25-8(14(42-22)20(37)38)6-30-4-5-31-10(30)2-1-3-24-31/h1-5,12,18H,6-7H2,(H5-,23,26,27,29,33,35,36,37,38,39)/p+1/t12-,18?/m1/s1. The zero-order valence-corrected chi connectivity index (χ0v) is 24.5. The summed E-state index contributed by atoms with van der Waals surface area (Å²) in [5, 5.41) is 38.0. The summed E-state index contributed by atoms with van der Waals surface area (Å²) in [6.07, 6.45) is 5.08. The van der Waals surface area contributed by atoms with Crippen molar-refractivity contribution in [3.05, 3.63) is 57.7 Å². The summed E-state index contributed by atoms with van der Waals surface area (Å²) in [6.45, 7) is 0.136. The van der Waals surface area contributed by atoms with Gasteiger partial charge in [-0.25, -0.2) is 19.1 Å². The number of nitrogen functional groups attached to an aromatic ring is 1. The number of thioether (sulfide) groups is 2. The molecule has 6 heterocycles. The van der Waals surface area contributed by atoms with Crippen LogP contribution in [0.15, 0.2) is 50.8 Å². The summed E-state index contributed by atoms with van der Waals surface area (Å²) >= 11 is 3.85. The summed E-state index contributed by atoms with van der Waals surface area (Å²) in [5.74, 6) is -4.27. The van der Waals surface area contributed by atoms with Crippen LogP contribution in [0.4, 0.5) is 5.13 Å². The number of oxime groups is 1. The van der Waals surface area contributed by atoms with Crippen molar-refractivity contribution in [2.45, 2.75) is 22.3 Å². The fraction of sp³-hybridized carbons (Fsp3) is 0.182. The average molecular weight is 662 g/mol. The van der Waals surface area contributed by atoms with E-state index in [0.717, 1.165) is 39.5 Å². The molecule has 4 aromatic heterocycles. The van der Waals surface area contributed by atoms with Gasteiger partial charge in [-0.1, -0.05) is 33.4 Å². The van der Waals surface area contributed by atoms with E-state index >= 15 is 0 Å². The number of aromatic nitrogens is 6. The number of hydrogen-bond donors (Lipinski definition) is 5. The molecule has 43 heavy (non-hydrogen) atoms. The monoisotopic (exact) mass is 661 g/mol. The van der Waals surface area contributed by atoms with Crippen LogP contribution in [0, 0.1) is 0 Å². The van der Waals surface area contributed by atoms with Crippen molar-refractivity contribution in [1.82, 2.24) is 34.2 Å². The first-order valence-electron chi connectivity index (χ1n) is 11.9. The molecule has 1 saturated heterocycles. The number of fused-ring (bicyclic) bond motifs is 2. The van der Waals surface area contributed by atoms with E-state index in [4.69, 9.17) is 5.73 Å². The van der Waals surface area contributed by atoms with Crippen LogP contribution in [-0.2, 0) is 20.9 Å². The number of thiazole rings is 1. The van der Waals surface area contributed by atoms with Gasteiger partial charge in [0.1, 0.15) is 40.4 Å². The topological polar surface area (TPSA) is 242 Å². The van der Waals surface area contributed by atoms with E-state index in [0.29, 0.717) is 9.99 Å². The Morgan fingerprint density at radius 2 is 2.07 bits per heavy atom. The van der Waals surface area contributed by atoms with Crippen molar-refractivity contribution >= 4 is 86.6 Å². The number of nitrogens with one attached hydrogen (secondary N) is 1. The van der Waals surface area contributed by atoms with Crippen molar-refractivity contribution in [2.75, 3.05) is 11.5 Å². The van der Waals surface area contributed by atoms with Gasteiger partial charge >= 0.3 is 17.6 Å². The zero-order chi connectivity index (χ0) is 30.4. The maximum absolute atomic E-state index is 13.1. The lowest BCUT2D eigenvalue weighted by atomic mass is 10.0. The second-order valence-electron chi connectivity index (χ2n) is 8.76. The van der Waals surface area contributed by atoms with Gasteiger partial charge in [-0.3, -0.25) is 14.5 Å². The third-order valence-corrected chi connectivity index (χ3v) is 10.5. The molecule has 6 N–H and O–H groups in total. The van der Waals surface area contributed by atoms with E-state index in [-0.39, 0.29) is 44.4 Å². The number of nitrogens with two attached hydrogens (primary N) is 1. The lowest BCUT2D eigenvalue weighted by Crippen LogP contribution is -2.71. The van der Waals surface area contributed by atoms with E-state index in [1.165, 1.54) is 11.8 Å². The molecule has 17 nitrogen and oxygen atoms in total. The van der Waals surface area contributed by atoms with Crippen LogP contribution in [0.25, 0.3) is 5.65 Å². The molecule has 0 aliphatic carbocycles. The molecular formula is C22H17N10O7S4+. The molecule has 2 amide bonds. The van der Waals surface area contributed by atoms with Crippen molar-refractivity contribution in [3.8, 4) is 0 Å². The van der Waals surface area contributed by atoms with Gasteiger partial charge in [-0.2, -0.15) is 9.36 Å². The smallest absolute Gasteiger partial charge is 0.353 e. The second kappa shape index (κ2) is 11.2. The number of β-lactam (4-membered cyclic amide) rings is 1. The number of rotatable bonds is 9. The van der Waals surface area contributed by atoms with Crippen LogP contribution in [0.5, 0.6) is 0 Å². The number of carboxylic acids is 2. The molecule has 2 aliphatic rings. The van der Waals surface area contributed by atoms with Gasteiger partial charge in [0.25, 0.3) is 11.8 Å². The van der Waals surface area contributed by atoms with Crippen LogP contribution >= 0.6 is 46.4 Å². The summed E-state index contributed by atoms with van der Waals surface area (Å²) < 4.78 is 7.52. The minimum absolute atomic E-state index is 0.00225. The van der Waals surface area contributed by atoms with Gasteiger partial charge in [-0.05, 0) is 6.07 Å². The average Bonchev–Trinajstić information content (AvgIpc) is 3.71. The molecule has 220 valence electrons. The van der Waals surface area contributed by atoms with E-state index < -0.39 is 40.9 Å². The Morgan fingerprint density at radius 3 is 2.77 bits per heavy atom. The van der Waals surface area contributed by atoms with Gasteiger partial charge in [0.2, 0.25) is 11.5 Å². The third kappa shape index (κ3) is 5.15. The second-order valence-corrected chi connectivity index (χ2v) is 13.0. The molecular weight excluding hydrogens is 645 g/mol. The minimum Gasteiger partial charge on any atom is -0.477 e. The van der Waals surface area contributed by atoms with E-state index in [9.17, 15) is 34.6 Å². The Hall–Kier alpha value is -4.60. The van der Waals surface area contributed by atoms with E-state index in [2.05, 4.69) is 29.9 Å². The SMILES string of the molecule is Nc1nc(/C(=N/O)C(=O)N[C@@H]2C(=O)N3C(C(=O)O)=C(Sc4nc(C[n+]5ccn6ncccc65)c(C(=O)O)s4)CSC23)ns1. The number of aromatic carboxylic acids is 1. The highest BCUT2D eigenvalue weighted by atomic mass is 32.2. The van der Waals surface area contributed by atoms with Gasteiger partial charge < -0.3 is 26.5 Å². The van der Waals surface area contributed by atoms with E-state index in [1.54, 1.807) is 33.7 Å². The van der Waals surface area contributed by atoms with Crippen molar-refractivity contribution < 1.29 is 39.2 Å². The number of nitrogens with zero attached hydrogens (tertiary/aromatic N) is 8. The molecule has 0 spiro atoms. The quantitative estimate of drug-likeness (QED) is 0.0518. The van der Waals surface area contributed by atoms with Gasteiger partial charge in [0.05, 0.1) is 6.20 Å². The minimum atomic E-state index is -1.37. The van der Waals surface area contributed by atoms with Crippen LogP contribution < -0.4 is 15.6 Å². The van der Waals surface area contributed by atoms with Crippen LogP contribution in [0.2, 0.25) is 0 Å². The largest absolute Gasteiger partial charge is 0.477 e. The Labute approximate surface area is 255 Å². The molecule has 21 heteroatoms. The highest BCUT2D eigenvalue weighted by Gasteiger charge is 2.54. The molecule has 1 unspecified atom stereocenters. The Bertz CT molecular complexity index is 1880. The third-order valence-electron chi connectivity index (χ3n) is 6.23. The van der Waals surface area contributed by atoms with Gasteiger partial charge in [0.15, 0.2) is 15.7 Å². The molecule has 2 aliphatic heterocycles. The van der Waals surface area contributed by atoms with Crippen molar-refractivity contribution in [1.29, 1.82) is 0 Å². The number of hydrogen-bond acceptors (Lipinski definition) is 15. The van der Waals surface area contributed by atoms with Crippen LogP contribution in [-0.4, -0.2) is 90.9 Å². The first-order valence-corrected chi connectivity index (χ1v) is 15.4. The normalized spacial score (nSPS) is 18.5. The molecule has 2 atom stereocenters. The predicted octanol–water partition coefficient (Wildman–Crippen LogP) is -0.0748. The fourth-order valence-corrected chi connectivity index (χ4v) is 8.47. The maximum Gasteiger partial charge on any atom is 0.353 e. The number of carbonyl (C=O) groups excluding carboxylic acids is 2. The van der Waals surface area contributed by atoms with Crippen molar-refractivity contribution in [3.63, 3.8) is 0 Å². The predicted molar refractivity (Wildman–Crippen MR) is 152 cm³/mol. The Balaban J connectivity index is 1.22. The van der Waals surface area contributed by atoms with Crippen LogP contribution in [0.1, 0.15) is 21.2 Å². The highest BCUT2D eigenvalue weighted by Crippen LogP contribution is 2.46. The molecule has 4 aromatic rings. The molecule has 0 radical (unpaired) electrons.